The number of hydrogen-bond donors (Lipinski definition) is 4. The zero-order valence-corrected chi connectivity index (χ0v) is 16.3. The summed E-state index contributed by atoms with van der Waals surface area (Å²) >= 11 is 5.90. The number of carbonyl (C=O) groups excluding carboxylic acids is 1. The van der Waals surface area contributed by atoms with Gasteiger partial charge >= 0.3 is 0 Å². The molecule has 152 valence electrons. The molecule has 0 aliphatic heterocycles. The van der Waals surface area contributed by atoms with Crippen LogP contribution in [0.2, 0.25) is 0 Å². The molecule has 2 unspecified atom stereocenters. The smallest absolute Gasteiger partial charge is 0.269 e. The molecule has 0 bridgehead atoms. The lowest BCUT2D eigenvalue weighted by molar-refractivity contribution is -0.384. The van der Waals surface area contributed by atoms with Gasteiger partial charge in [0.05, 0.1) is 10.8 Å². The molecule has 6 N–H and O–H groups in total. The second-order valence-electron chi connectivity index (χ2n) is 6.37. The van der Waals surface area contributed by atoms with Crippen LogP contribution in [-0.2, 0) is 4.79 Å². The molecule has 1 rings (SSSR count). The summed E-state index contributed by atoms with van der Waals surface area (Å²) in [7, 11) is 0. The van der Waals surface area contributed by atoms with Crippen LogP contribution in [0.4, 0.5) is 5.69 Å². The molecule has 0 aromatic heterocycles. The highest BCUT2D eigenvalue weighted by Crippen LogP contribution is 2.27. The lowest BCUT2D eigenvalue weighted by Crippen LogP contribution is -2.39. The van der Waals surface area contributed by atoms with Crippen molar-refractivity contribution in [1.82, 2.24) is 10.6 Å². The monoisotopic (exact) mass is 399 g/mol. The predicted molar refractivity (Wildman–Crippen MR) is 108 cm³/mol. The van der Waals surface area contributed by atoms with Gasteiger partial charge in [0.2, 0.25) is 5.24 Å². The molecule has 0 fully saturated rings. The van der Waals surface area contributed by atoms with E-state index in [1.165, 1.54) is 12.1 Å². The van der Waals surface area contributed by atoms with Crippen molar-refractivity contribution in [2.24, 2.45) is 11.5 Å². The summed E-state index contributed by atoms with van der Waals surface area (Å²) in [6.45, 7) is 3.56. The van der Waals surface area contributed by atoms with Crippen molar-refractivity contribution in [2.75, 3.05) is 32.7 Å². The summed E-state index contributed by atoms with van der Waals surface area (Å²) in [5.41, 5.74) is 11.7. The maximum atomic E-state index is 12.1. The lowest BCUT2D eigenvalue weighted by Gasteiger charge is -2.26. The number of nitrogens with zero attached hydrogens (tertiary/aromatic N) is 1. The second kappa shape index (κ2) is 13.6. The Labute approximate surface area is 165 Å². The van der Waals surface area contributed by atoms with Crippen molar-refractivity contribution in [3.05, 3.63) is 39.9 Å². The number of halogens is 1. The van der Waals surface area contributed by atoms with E-state index in [1.54, 1.807) is 12.1 Å². The first-order valence-corrected chi connectivity index (χ1v) is 9.67. The predicted octanol–water partition coefficient (Wildman–Crippen LogP) is 1.47. The number of nitro benzene ring substituents is 1. The molecule has 0 heterocycles. The normalized spacial score (nSPS) is 13.3. The van der Waals surface area contributed by atoms with Crippen molar-refractivity contribution in [3.8, 4) is 0 Å². The van der Waals surface area contributed by atoms with Crippen molar-refractivity contribution in [1.29, 1.82) is 0 Å². The molecule has 0 spiro atoms. The van der Waals surface area contributed by atoms with Gasteiger partial charge in [-0.15, -0.1) is 0 Å². The largest absolute Gasteiger partial charge is 0.330 e. The Hall–Kier alpha value is -1.58. The van der Waals surface area contributed by atoms with Gasteiger partial charge in [-0.3, -0.25) is 14.9 Å². The first-order valence-electron chi connectivity index (χ1n) is 9.29. The molecule has 0 saturated heterocycles. The van der Waals surface area contributed by atoms with Crippen LogP contribution in [-0.4, -0.2) is 48.9 Å². The van der Waals surface area contributed by atoms with Crippen LogP contribution in [0.5, 0.6) is 0 Å². The molecule has 0 amide bonds. The number of benzene rings is 1. The Balaban J connectivity index is 2.81. The molecular formula is C18H30ClN5O3. The molecule has 0 aliphatic carbocycles. The number of rotatable bonds is 15. The highest BCUT2D eigenvalue weighted by Gasteiger charge is 2.28. The van der Waals surface area contributed by atoms with Gasteiger partial charge in [0, 0.05) is 18.2 Å². The maximum absolute atomic E-state index is 12.1. The first kappa shape index (κ1) is 23.5. The lowest BCUT2D eigenvalue weighted by atomic mass is 9.89. The fraction of sp³-hybridized carbons (Fsp3) is 0.611. The molecule has 2 atom stereocenters. The SMILES string of the molecule is NCCCNCCCC(NCCCN)C(C(=O)Cl)c1ccc([N+](=O)[O-])cc1. The van der Waals surface area contributed by atoms with E-state index in [9.17, 15) is 14.9 Å². The average molecular weight is 400 g/mol. The maximum Gasteiger partial charge on any atom is 0.269 e. The molecular weight excluding hydrogens is 370 g/mol. The van der Waals surface area contributed by atoms with E-state index in [4.69, 9.17) is 23.1 Å². The molecule has 9 heteroatoms. The third-order valence-corrected chi connectivity index (χ3v) is 4.56. The van der Waals surface area contributed by atoms with E-state index >= 15 is 0 Å². The van der Waals surface area contributed by atoms with Crippen molar-refractivity contribution in [2.45, 2.75) is 37.6 Å². The second-order valence-corrected chi connectivity index (χ2v) is 6.74. The van der Waals surface area contributed by atoms with Crippen LogP contribution in [0.25, 0.3) is 0 Å². The topological polar surface area (TPSA) is 136 Å². The summed E-state index contributed by atoms with van der Waals surface area (Å²) in [6.07, 6.45) is 3.30. The Morgan fingerprint density at radius 2 is 1.67 bits per heavy atom. The highest BCUT2D eigenvalue weighted by atomic mass is 35.5. The van der Waals surface area contributed by atoms with E-state index in [0.717, 1.165) is 38.8 Å². The molecule has 8 nitrogen and oxygen atoms in total. The minimum Gasteiger partial charge on any atom is -0.330 e. The van der Waals surface area contributed by atoms with Crippen molar-refractivity contribution >= 4 is 22.5 Å². The number of nitrogens with one attached hydrogen (secondary N) is 2. The minimum atomic E-state index is -0.575. The van der Waals surface area contributed by atoms with E-state index in [-0.39, 0.29) is 11.7 Å². The van der Waals surface area contributed by atoms with Crippen molar-refractivity contribution < 1.29 is 9.72 Å². The van der Waals surface area contributed by atoms with E-state index in [1.807, 2.05) is 0 Å². The molecule has 0 aliphatic rings. The fourth-order valence-electron chi connectivity index (χ4n) is 2.90. The minimum absolute atomic E-state index is 0.0173. The Bertz CT molecular complexity index is 571. The Morgan fingerprint density at radius 3 is 2.22 bits per heavy atom. The van der Waals surface area contributed by atoms with Crippen LogP contribution in [0.1, 0.15) is 37.2 Å². The number of carbonyl (C=O) groups is 1. The van der Waals surface area contributed by atoms with Gasteiger partial charge in [0.15, 0.2) is 0 Å². The van der Waals surface area contributed by atoms with E-state index in [0.29, 0.717) is 25.2 Å². The van der Waals surface area contributed by atoms with Gasteiger partial charge in [-0.25, -0.2) is 0 Å². The molecule has 0 saturated carbocycles. The molecule has 27 heavy (non-hydrogen) atoms. The van der Waals surface area contributed by atoms with Gasteiger partial charge < -0.3 is 22.1 Å². The van der Waals surface area contributed by atoms with Gasteiger partial charge in [-0.05, 0) is 75.6 Å². The number of nitrogens with two attached hydrogens (primary N) is 2. The number of hydrogen-bond acceptors (Lipinski definition) is 7. The van der Waals surface area contributed by atoms with Gasteiger partial charge in [-0.1, -0.05) is 12.1 Å². The fourth-order valence-corrected chi connectivity index (χ4v) is 3.18. The molecule has 1 aromatic carbocycles. The standard InChI is InChI=1S/C18H30ClN5O3/c19-18(25)17(14-5-7-15(8-6-14)24(26)27)16(23-13-3-10-21)4-1-11-22-12-2-9-20/h5-8,16-17,22-23H,1-4,9-13,20-21H2. The zero-order chi connectivity index (χ0) is 20.1. The number of nitro groups is 1. The number of non-ortho nitro benzene ring substituents is 1. The zero-order valence-electron chi connectivity index (χ0n) is 15.5. The van der Waals surface area contributed by atoms with Gasteiger partial charge in [-0.2, -0.15) is 0 Å². The van der Waals surface area contributed by atoms with Crippen molar-refractivity contribution in [3.63, 3.8) is 0 Å². The van der Waals surface area contributed by atoms with Crippen LogP contribution in [0, 0.1) is 10.1 Å². The van der Waals surface area contributed by atoms with Crippen LogP contribution in [0.3, 0.4) is 0 Å². The van der Waals surface area contributed by atoms with Crippen LogP contribution in [0.15, 0.2) is 24.3 Å². The highest BCUT2D eigenvalue weighted by molar-refractivity contribution is 6.64. The summed E-state index contributed by atoms with van der Waals surface area (Å²) in [5, 5.41) is 17.1. The van der Waals surface area contributed by atoms with Gasteiger partial charge in [0.25, 0.3) is 5.69 Å². The average Bonchev–Trinajstić information content (AvgIpc) is 2.64. The molecule has 1 aromatic rings. The summed E-state index contributed by atoms with van der Waals surface area (Å²) in [6, 6.07) is 5.82. The van der Waals surface area contributed by atoms with Crippen LogP contribution < -0.4 is 22.1 Å². The quantitative estimate of drug-likeness (QED) is 0.152. The Kier molecular flexibility index (Phi) is 11.8. The third-order valence-electron chi connectivity index (χ3n) is 4.32. The summed E-state index contributed by atoms with van der Waals surface area (Å²) in [4.78, 5) is 22.5. The van der Waals surface area contributed by atoms with E-state index in [2.05, 4.69) is 10.6 Å². The first-order chi connectivity index (χ1) is 13.0. The summed E-state index contributed by atoms with van der Waals surface area (Å²) < 4.78 is 0. The molecule has 0 radical (unpaired) electrons. The third kappa shape index (κ3) is 8.77. The summed E-state index contributed by atoms with van der Waals surface area (Å²) in [5.74, 6) is -0.575. The van der Waals surface area contributed by atoms with E-state index < -0.39 is 16.1 Å². The van der Waals surface area contributed by atoms with Gasteiger partial charge in [0.1, 0.15) is 0 Å². The van der Waals surface area contributed by atoms with Crippen LogP contribution >= 0.6 is 11.6 Å². The Morgan fingerprint density at radius 1 is 1.07 bits per heavy atom.